The summed E-state index contributed by atoms with van der Waals surface area (Å²) in [5, 5.41) is 9.84. The van der Waals surface area contributed by atoms with Gasteiger partial charge in [0.25, 0.3) is 0 Å². The summed E-state index contributed by atoms with van der Waals surface area (Å²) in [7, 11) is 0. The predicted molar refractivity (Wildman–Crippen MR) is 49.7 cm³/mol. The first-order chi connectivity index (χ1) is 7.66. The number of amides is 4. The molecule has 2 rings (SSSR count). The maximum absolute atomic E-state index is 11.2. The van der Waals surface area contributed by atoms with Crippen LogP contribution in [0.2, 0.25) is 0 Å². The Morgan fingerprint density at radius 3 is 2.50 bits per heavy atom. The molecule has 9 heteroatoms. The van der Waals surface area contributed by atoms with E-state index in [1.807, 2.05) is 10.6 Å². The van der Waals surface area contributed by atoms with Gasteiger partial charge in [0.05, 0.1) is 0 Å². The zero-order chi connectivity index (χ0) is 11.5. The first kappa shape index (κ1) is 9.96. The number of imide groups is 2. The third kappa shape index (κ3) is 1.92. The first-order valence-electron chi connectivity index (χ1n) is 4.22. The fraction of sp³-hybridized carbons (Fsp3) is 0.143. The number of nitrogens with one attached hydrogen (secondary N) is 3. The molecule has 2 heterocycles. The molecule has 0 saturated carbocycles. The molecular formula is C7H6N6O3. The van der Waals surface area contributed by atoms with Crippen LogP contribution in [0.1, 0.15) is 0 Å². The number of urea groups is 1. The quantitative estimate of drug-likeness (QED) is 0.413. The van der Waals surface area contributed by atoms with E-state index in [4.69, 9.17) is 0 Å². The van der Waals surface area contributed by atoms with E-state index < -0.39 is 23.8 Å². The van der Waals surface area contributed by atoms with E-state index in [-0.39, 0.29) is 5.95 Å². The van der Waals surface area contributed by atoms with Crippen molar-refractivity contribution in [2.75, 3.05) is 0 Å². The van der Waals surface area contributed by atoms with Crippen molar-refractivity contribution in [3.63, 3.8) is 0 Å². The molecule has 1 aliphatic heterocycles. The molecule has 0 aliphatic carbocycles. The van der Waals surface area contributed by atoms with Crippen LogP contribution >= 0.6 is 0 Å². The lowest BCUT2D eigenvalue weighted by Gasteiger charge is -2.16. The van der Waals surface area contributed by atoms with Crippen molar-refractivity contribution in [2.24, 2.45) is 10.9 Å². The van der Waals surface area contributed by atoms with Crippen molar-refractivity contribution in [3.8, 4) is 0 Å². The molecule has 16 heavy (non-hydrogen) atoms. The van der Waals surface area contributed by atoms with Gasteiger partial charge in [0.15, 0.2) is 5.92 Å². The maximum atomic E-state index is 11.2. The van der Waals surface area contributed by atoms with E-state index in [9.17, 15) is 14.4 Å². The lowest BCUT2D eigenvalue weighted by atomic mass is 10.1. The third-order valence-electron chi connectivity index (χ3n) is 1.79. The van der Waals surface area contributed by atoms with Gasteiger partial charge >= 0.3 is 6.03 Å². The van der Waals surface area contributed by atoms with Crippen LogP contribution in [0.5, 0.6) is 0 Å². The molecule has 1 fully saturated rings. The number of aromatic nitrogens is 3. The fourth-order valence-electron chi connectivity index (χ4n) is 1.07. The minimum Gasteiger partial charge on any atom is -0.277 e. The van der Waals surface area contributed by atoms with E-state index in [2.05, 4.69) is 20.2 Å². The fourth-order valence-corrected chi connectivity index (χ4v) is 1.07. The molecule has 1 aromatic rings. The van der Waals surface area contributed by atoms with Crippen molar-refractivity contribution >= 4 is 30.0 Å². The van der Waals surface area contributed by atoms with Crippen LogP contribution < -0.4 is 10.6 Å². The molecule has 0 atom stereocenters. The summed E-state index contributed by atoms with van der Waals surface area (Å²) >= 11 is 0. The molecule has 0 bridgehead atoms. The number of rotatable bonds is 2. The molecule has 4 amide bonds. The van der Waals surface area contributed by atoms with Gasteiger partial charge in [0, 0.05) is 6.21 Å². The lowest BCUT2D eigenvalue weighted by Crippen LogP contribution is -2.56. The summed E-state index contributed by atoms with van der Waals surface area (Å²) in [5.74, 6) is -2.44. The molecule has 1 saturated heterocycles. The molecule has 3 N–H and O–H groups in total. The molecule has 0 radical (unpaired) electrons. The van der Waals surface area contributed by atoms with Gasteiger partial charge in [-0.3, -0.25) is 20.2 Å². The van der Waals surface area contributed by atoms with E-state index in [1.54, 1.807) is 0 Å². The first-order valence-corrected chi connectivity index (χ1v) is 4.22. The van der Waals surface area contributed by atoms with Gasteiger partial charge in [-0.1, -0.05) is 0 Å². The number of hydrogen-bond donors (Lipinski definition) is 3. The van der Waals surface area contributed by atoms with Crippen molar-refractivity contribution in [1.82, 2.24) is 25.8 Å². The van der Waals surface area contributed by atoms with E-state index in [1.165, 1.54) is 6.33 Å². The minimum atomic E-state index is -1.15. The van der Waals surface area contributed by atoms with Gasteiger partial charge in [-0.25, -0.2) is 14.9 Å². The summed E-state index contributed by atoms with van der Waals surface area (Å²) in [5.41, 5.74) is 0. The Kier molecular flexibility index (Phi) is 2.42. The molecule has 82 valence electrons. The number of nitrogens with zero attached hydrogens (tertiary/aromatic N) is 3. The molecule has 1 aliphatic rings. The van der Waals surface area contributed by atoms with Crippen LogP contribution in [0.4, 0.5) is 10.7 Å². The highest BCUT2D eigenvalue weighted by molar-refractivity contribution is 6.23. The Balaban J connectivity index is 2.12. The Labute approximate surface area is 88.3 Å². The summed E-state index contributed by atoms with van der Waals surface area (Å²) < 4.78 is 0. The number of carbonyl (C=O) groups is 3. The average Bonchev–Trinajstić information content (AvgIpc) is 2.68. The molecule has 0 unspecified atom stereocenters. The number of carbonyl (C=O) groups excluding carboxylic acids is 3. The van der Waals surface area contributed by atoms with Crippen LogP contribution in [0, 0.1) is 5.92 Å². The highest BCUT2D eigenvalue weighted by Crippen LogP contribution is 2.03. The van der Waals surface area contributed by atoms with E-state index >= 15 is 0 Å². The van der Waals surface area contributed by atoms with Crippen molar-refractivity contribution < 1.29 is 14.4 Å². The SMILES string of the molecule is O=C1NC(=O)C(/C=N/c2ncn[nH]2)C(=O)N1. The predicted octanol–water partition coefficient (Wildman–Crippen LogP) is -1.51. The summed E-state index contributed by atoms with van der Waals surface area (Å²) in [6.45, 7) is 0. The third-order valence-corrected chi connectivity index (χ3v) is 1.79. The molecule has 0 spiro atoms. The van der Waals surface area contributed by atoms with Gasteiger partial charge in [0.1, 0.15) is 6.33 Å². The van der Waals surface area contributed by atoms with E-state index in [0.29, 0.717) is 0 Å². The topological polar surface area (TPSA) is 129 Å². The second kappa shape index (κ2) is 3.88. The Hall–Kier alpha value is -2.58. The summed E-state index contributed by atoms with van der Waals surface area (Å²) in [4.78, 5) is 40.6. The van der Waals surface area contributed by atoms with Gasteiger partial charge in [-0.05, 0) is 0 Å². The monoisotopic (exact) mass is 222 g/mol. The number of hydrogen-bond acceptors (Lipinski definition) is 6. The lowest BCUT2D eigenvalue weighted by molar-refractivity contribution is -0.132. The number of H-pyrrole nitrogens is 1. The van der Waals surface area contributed by atoms with Crippen LogP contribution in [0.3, 0.4) is 0 Å². The highest BCUT2D eigenvalue weighted by Gasteiger charge is 2.32. The van der Waals surface area contributed by atoms with Gasteiger partial charge in [-0.15, -0.1) is 0 Å². The number of aromatic amines is 1. The second-order valence-electron chi connectivity index (χ2n) is 2.87. The summed E-state index contributed by atoms with van der Waals surface area (Å²) in [6.07, 6.45) is 2.31. The molecule has 1 aromatic heterocycles. The van der Waals surface area contributed by atoms with Crippen molar-refractivity contribution in [2.45, 2.75) is 0 Å². The van der Waals surface area contributed by atoms with Gasteiger partial charge in [0.2, 0.25) is 17.8 Å². The van der Waals surface area contributed by atoms with Gasteiger partial charge in [-0.2, -0.15) is 10.1 Å². The zero-order valence-electron chi connectivity index (χ0n) is 7.80. The normalized spacial score (nSPS) is 17.6. The smallest absolute Gasteiger partial charge is 0.277 e. The number of barbiturate groups is 1. The van der Waals surface area contributed by atoms with Crippen LogP contribution in [0.15, 0.2) is 11.3 Å². The highest BCUT2D eigenvalue weighted by atomic mass is 16.2. The minimum absolute atomic E-state index is 0.164. The van der Waals surface area contributed by atoms with Crippen LogP contribution in [0.25, 0.3) is 0 Å². The van der Waals surface area contributed by atoms with Gasteiger partial charge < -0.3 is 0 Å². The largest absolute Gasteiger partial charge is 0.328 e. The summed E-state index contributed by atoms with van der Waals surface area (Å²) in [6, 6.07) is -0.834. The Morgan fingerprint density at radius 2 is 1.94 bits per heavy atom. The standard InChI is InChI=1S/C7H6N6O3/c14-4-3(5(15)12-7(16)11-4)1-8-6-9-2-10-13-6/h1-3H,(H,9,10,13)(H2,11,12,14,15,16)/b8-1+. The number of aliphatic imine (C=N–C) groups is 1. The van der Waals surface area contributed by atoms with E-state index in [0.717, 1.165) is 6.21 Å². The van der Waals surface area contributed by atoms with Crippen molar-refractivity contribution in [3.05, 3.63) is 6.33 Å². The Morgan fingerprint density at radius 1 is 1.25 bits per heavy atom. The van der Waals surface area contributed by atoms with Crippen molar-refractivity contribution in [1.29, 1.82) is 0 Å². The molecular weight excluding hydrogens is 216 g/mol. The maximum Gasteiger partial charge on any atom is 0.328 e. The molecule has 9 nitrogen and oxygen atoms in total. The second-order valence-corrected chi connectivity index (χ2v) is 2.87. The average molecular weight is 222 g/mol. The molecule has 0 aromatic carbocycles. The van der Waals surface area contributed by atoms with Crippen LogP contribution in [-0.2, 0) is 9.59 Å². The Bertz CT molecular complexity index is 444. The zero-order valence-corrected chi connectivity index (χ0v) is 7.80. The van der Waals surface area contributed by atoms with Crippen LogP contribution in [-0.4, -0.2) is 39.2 Å².